The molecule has 2 aromatic carbocycles. The van der Waals surface area contributed by atoms with Crippen LogP contribution in [0.4, 0.5) is 0 Å². The molecular formula is C11H8O. The summed E-state index contributed by atoms with van der Waals surface area (Å²) in [6.45, 7) is 0. The lowest BCUT2D eigenvalue weighted by atomic mass is 10.2. The van der Waals surface area contributed by atoms with Gasteiger partial charge in [0, 0.05) is 5.39 Å². The molecule has 0 aliphatic heterocycles. The lowest BCUT2D eigenvalue weighted by Crippen LogP contribution is -1.93. The summed E-state index contributed by atoms with van der Waals surface area (Å²) in [5.41, 5.74) is 0.0793. The van der Waals surface area contributed by atoms with Crippen molar-refractivity contribution in [1.29, 1.82) is 0 Å². The van der Waals surface area contributed by atoms with E-state index in [1.54, 1.807) is 12.1 Å². The van der Waals surface area contributed by atoms with Gasteiger partial charge < -0.3 is 0 Å². The number of hydrogen-bond donors (Lipinski definition) is 0. The molecule has 0 heterocycles. The minimum atomic E-state index is 0.0793. The Balaban J connectivity index is 3.06. The van der Waals surface area contributed by atoms with E-state index < -0.39 is 0 Å². The zero-order valence-electron chi connectivity index (χ0n) is 6.53. The number of fused-ring (bicyclic) bond motifs is 1. The second-order valence-corrected chi connectivity index (χ2v) is 2.67. The maximum atomic E-state index is 11.4. The van der Waals surface area contributed by atoms with Gasteiger partial charge in [-0.05, 0) is 11.5 Å². The van der Waals surface area contributed by atoms with Crippen LogP contribution in [0.5, 0.6) is 0 Å². The van der Waals surface area contributed by atoms with Crippen molar-refractivity contribution < 1.29 is 0 Å². The normalized spacial score (nSPS) is 10.0. The van der Waals surface area contributed by atoms with Crippen molar-refractivity contribution in [1.82, 2.24) is 0 Å². The molecule has 0 amide bonds. The van der Waals surface area contributed by atoms with Crippen LogP contribution in [0.1, 0.15) is 0 Å². The average Bonchev–Trinajstić information content (AvgIpc) is 2.29. The first-order valence-electron chi connectivity index (χ1n) is 3.86. The van der Waals surface area contributed by atoms with Crippen molar-refractivity contribution in [2.45, 2.75) is 0 Å². The van der Waals surface area contributed by atoms with Gasteiger partial charge in [-0.1, -0.05) is 42.5 Å². The molecule has 58 valence electrons. The van der Waals surface area contributed by atoms with Crippen LogP contribution in [0.25, 0.3) is 10.8 Å². The molecular weight excluding hydrogens is 148 g/mol. The van der Waals surface area contributed by atoms with Gasteiger partial charge in [-0.15, -0.1) is 0 Å². The first kappa shape index (κ1) is 7.04. The summed E-state index contributed by atoms with van der Waals surface area (Å²) in [6.07, 6.45) is 0. The molecule has 0 radical (unpaired) electrons. The third-order valence-electron chi connectivity index (χ3n) is 1.86. The Hall–Kier alpha value is -1.63. The highest BCUT2D eigenvalue weighted by Gasteiger charge is 1.91. The SMILES string of the molecule is O=c1ccccc2ccccc12. The van der Waals surface area contributed by atoms with E-state index >= 15 is 0 Å². The van der Waals surface area contributed by atoms with Gasteiger partial charge in [0.25, 0.3) is 0 Å². The van der Waals surface area contributed by atoms with Gasteiger partial charge in [0.15, 0.2) is 5.43 Å². The summed E-state index contributed by atoms with van der Waals surface area (Å²) in [4.78, 5) is 11.4. The Labute approximate surface area is 70.3 Å². The van der Waals surface area contributed by atoms with Crippen molar-refractivity contribution in [3.05, 3.63) is 58.8 Å². The van der Waals surface area contributed by atoms with E-state index in [9.17, 15) is 4.79 Å². The van der Waals surface area contributed by atoms with Crippen LogP contribution >= 0.6 is 0 Å². The Kier molecular flexibility index (Phi) is 1.63. The van der Waals surface area contributed by atoms with Gasteiger partial charge in [-0.25, -0.2) is 0 Å². The average molecular weight is 156 g/mol. The van der Waals surface area contributed by atoms with Gasteiger partial charge in [-0.3, -0.25) is 4.79 Å². The van der Waals surface area contributed by atoms with Gasteiger partial charge in [0.1, 0.15) is 0 Å². The molecule has 0 aliphatic rings. The second-order valence-electron chi connectivity index (χ2n) is 2.67. The fourth-order valence-electron chi connectivity index (χ4n) is 1.26. The molecule has 1 heteroatoms. The Morgan fingerprint density at radius 3 is 2.08 bits per heavy atom. The third kappa shape index (κ3) is 1.10. The summed E-state index contributed by atoms with van der Waals surface area (Å²) in [7, 11) is 0. The van der Waals surface area contributed by atoms with Crippen LogP contribution in [0.2, 0.25) is 0 Å². The van der Waals surface area contributed by atoms with Crippen LogP contribution in [-0.4, -0.2) is 0 Å². The van der Waals surface area contributed by atoms with Crippen LogP contribution in [0.15, 0.2) is 53.3 Å². The smallest absolute Gasteiger partial charge is 0.186 e. The standard InChI is InChI=1S/C11H8O/c12-11-8-4-2-6-9-5-1-3-7-10(9)11/h1-8H. The molecule has 2 rings (SSSR count). The quantitative estimate of drug-likeness (QED) is 0.571. The topological polar surface area (TPSA) is 17.1 Å². The van der Waals surface area contributed by atoms with E-state index in [0.717, 1.165) is 10.8 Å². The van der Waals surface area contributed by atoms with E-state index in [4.69, 9.17) is 0 Å². The minimum Gasteiger partial charge on any atom is -0.289 e. The first-order chi connectivity index (χ1) is 5.88. The van der Waals surface area contributed by atoms with E-state index in [2.05, 4.69) is 0 Å². The lowest BCUT2D eigenvalue weighted by Gasteiger charge is -1.87. The fourth-order valence-corrected chi connectivity index (χ4v) is 1.26. The molecule has 0 N–H and O–H groups in total. The molecule has 12 heavy (non-hydrogen) atoms. The highest BCUT2D eigenvalue weighted by Crippen LogP contribution is 2.06. The summed E-state index contributed by atoms with van der Waals surface area (Å²) < 4.78 is 0. The second kappa shape index (κ2) is 2.78. The van der Waals surface area contributed by atoms with Gasteiger partial charge in [0.2, 0.25) is 0 Å². The van der Waals surface area contributed by atoms with Crippen molar-refractivity contribution in [3.8, 4) is 0 Å². The van der Waals surface area contributed by atoms with Crippen LogP contribution in [-0.2, 0) is 0 Å². The molecule has 0 bridgehead atoms. The number of rotatable bonds is 0. The molecule has 0 atom stereocenters. The molecule has 0 aliphatic carbocycles. The van der Waals surface area contributed by atoms with Crippen molar-refractivity contribution in [3.63, 3.8) is 0 Å². The predicted molar refractivity (Wildman–Crippen MR) is 50.2 cm³/mol. The van der Waals surface area contributed by atoms with Crippen LogP contribution < -0.4 is 5.43 Å². The van der Waals surface area contributed by atoms with Crippen LogP contribution in [0.3, 0.4) is 0 Å². The molecule has 0 saturated carbocycles. The van der Waals surface area contributed by atoms with Crippen LogP contribution in [0, 0.1) is 0 Å². The van der Waals surface area contributed by atoms with E-state index in [0.29, 0.717) is 0 Å². The molecule has 0 saturated heterocycles. The molecule has 0 fully saturated rings. The highest BCUT2D eigenvalue weighted by molar-refractivity contribution is 5.81. The van der Waals surface area contributed by atoms with Gasteiger partial charge in [-0.2, -0.15) is 0 Å². The fraction of sp³-hybridized carbons (Fsp3) is 0. The van der Waals surface area contributed by atoms with Crippen molar-refractivity contribution >= 4 is 10.8 Å². The first-order valence-corrected chi connectivity index (χ1v) is 3.86. The van der Waals surface area contributed by atoms with E-state index in [1.165, 1.54) is 0 Å². The molecule has 0 spiro atoms. The molecule has 0 unspecified atom stereocenters. The summed E-state index contributed by atoms with van der Waals surface area (Å²) >= 11 is 0. The minimum absolute atomic E-state index is 0.0793. The van der Waals surface area contributed by atoms with Crippen molar-refractivity contribution in [2.24, 2.45) is 0 Å². The van der Waals surface area contributed by atoms with Gasteiger partial charge >= 0.3 is 0 Å². The van der Waals surface area contributed by atoms with Crippen molar-refractivity contribution in [2.75, 3.05) is 0 Å². The lowest BCUT2D eigenvalue weighted by molar-refractivity contribution is 1.72. The maximum Gasteiger partial charge on any atom is 0.186 e. The molecule has 0 aromatic heterocycles. The summed E-state index contributed by atoms with van der Waals surface area (Å²) in [6, 6.07) is 14.8. The third-order valence-corrected chi connectivity index (χ3v) is 1.86. The molecule has 2 aromatic rings. The highest BCUT2D eigenvalue weighted by atomic mass is 16.1. The summed E-state index contributed by atoms with van der Waals surface area (Å²) in [5.74, 6) is 0. The predicted octanol–water partition coefficient (Wildman–Crippen LogP) is 2.20. The van der Waals surface area contributed by atoms with E-state index in [-0.39, 0.29) is 5.43 Å². The maximum absolute atomic E-state index is 11.4. The zero-order chi connectivity index (χ0) is 8.39. The Morgan fingerprint density at radius 2 is 1.33 bits per heavy atom. The number of hydrogen-bond acceptors (Lipinski definition) is 1. The summed E-state index contributed by atoms with van der Waals surface area (Å²) in [5, 5.41) is 1.77. The van der Waals surface area contributed by atoms with Gasteiger partial charge in [0.05, 0.1) is 0 Å². The Morgan fingerprint density at radius 1 is 0.750 bits per heavy atom. The van der Waals surface area contributed by atoms with E-state index in [1.807, 2.05) is 36.4 Å². The number of benzene rings is 1. The zero-order valence-corrected chi connectivity index (χ0v) is 6.53. The Bertz CT molecular complexity index is 460. The largest absolute Gasteiger partial charge is 0.289 e. The monoisotopic (exact) mass is 156 g/mol. The molecule has 1 nitrogen and oxygen atoms in total.